The van der Waals surface area contributed by atoms with E-state index >= 15 is 0 Å². The van der Waals surface area contributed by atoms with Crippen LogP contribution in [-0.2, 0) is 11.3 Å². The van der Waals surface area contributed by atoms with E-state index < -0.39 is 12.0 Å². The Morgan fingerprint density at radius 1 is 1.61 bits per heavy atom. The van der Waals surface area contributed by atoms with Crippen molar-refractivity contribution < 1.29 is 14.7 Å². The number of aromatic nitrogens is 2. The van der Waals surface area contributed by atoms with Crippen LogP contribution in [0.2, 0.25) is 0 Å². The number of nitrogens with two attached hydrogens (primary N) is 1. The Morgan fingerprint density at radius 3 is 2.89 bits per heavy atom. The molecule has 0 aromatic carbocycles. The van der Waals surface area contributed by atoms with Gasteiger partial charge < -0.3 is 20.7 Å². The average Bonchev–Trinajstić information content (AvgIpc) is 2.78. The number of nitrogens with one attached hydrogen (secondary N) is 1. The smallest absolute Gasteiger partial charge is 0.356 e. The summed E-state index contributed by atoms with van der Waals surface area (Å²) in [4.78, 5) is 25.8. The summed E-state index contributed by atoms with van der Waals surface area (Å²) in [5.41, 5.74) is 5.63. The average molecular weight is 254 g/mol. The molecule has 100 valence electrons. The Balaban J connectivity index is 2.32. The van der Waals surface area contributed by atoms with Crippen molar-refractivity contribution in [2.75, 3.05) is 6.54 Å². The van der Waals surface area contributed by atoms with Crippen LogP contribution >= 0.6 is 0 Å². The van der Waals surface area contributed by atoms with Gasteiger partial charge in [-0.1, -0.05) is 13.3 Å². The van der Waals surface area contributed by atoms with E-state index in [0.717, 1.165) is 6.42 Å². The molecule has 1 amide bonds. The molecule has 0 bridgehead atoms. The molecule has 7 heteroatoms. The number of imidazole rings is 1. The number of aromatic carboxylic acids is 1. The minimum atomic E-state index is -1.07. The van der Waals surface area contributed by atoms with Gasteiger partial charge in [-0.25, -0.2) is 9.78 Å². The number of hydrogen-bond acceptors (Lipinski definition) is 4. The lowest BCUT2D eigenvalue weighted by Gasteiger charge is -2.11. The first-order chi connectivity index (χ1) is 8.54. The second kappa shape index (κ2) is 6.75. The predicted molar refractivity (Wildman–Crippen MR) is 65.1 cm³/mol. The lowest BCUT2D eigenvalue weighted by Crippen LogP contribution is -2.41. The molecule has 1 aromatic rings. The van der Waals surface area contributed by atoms with Crippen LogP contribution < -0.4 is 11.1 Å². The van der Waals surface area contributed by atoms with Gasteiger partial charge in [-0.3, -0.25) is 4.79 Å². The lowest BCUT2D eigenvalue weighted by atomic mass is 10.2. The molecule has 0 fully saturated rings. The molecule has 7 nitrogen and oxygen atoms in total. The summed E-state index contributed by atoms with van der Waals surface area (Å²) in [5.74, 6) is -1.25. The van der Waals surface area contributed by atoms with E-state index in [2.05, 4.69) is 10.3 Å². The molecule has 0 radical (unpaired) electrons. The third-order valence-electron chi connectivity index (χ3n) is 2.46. The maximum Gasteiger partial charge on any atom is 0.356 e. The van der Waals surface area contributed by atoms with Gasteiger partial charge in [0.1, 0.15) is 0 Å². The Labute approximate surface area is 105 Å². The number of carboxylic acids is 1. The van der Waals surface area contributed by atoms with Crippen LogP contribution in [0.25, 0.3) is 0 Å². The zero-order valence-electron chi connectivity index (χ0n) is 10.3. The van der Waals surface area contributed by atoms with E-state index in [1.54, 1.807) is 4.57 Å². The minimum Gasteiger partial charge on any atom is -0.476 e. The van der Waals surface area contributed by atoms with E-state index in [1.165, 1.54) is 12.5 Å². The number of hydrogen-bond donors (Lipinski definition) is 3. The fraction of sp³-hybridized carbons (Fsp3) is 0.545. The van der Waals surface area contributed by atoms with Crippen LogP contribution in [-0.4, -0.2) is 39.1 Å². The molecule has 0 saturated carbocycles. The molecule has 0 spiro atoms. The summed E-state index contributed by atoms with van der Waals surface area (Å²) in [5, 5.41) is 11.4. The van der Waals surface area contributed by atoms with Crippen molar-refractivity contribution in [3.8, 4) is 0 Å². The maximum absolute atomic E-state index is 11.5. The van der Waals surface area contributed by atoms with Gasteiger partial charge in [0.05, 0.1) is 12.4 Å². The van der Waals surface area contributed by atoms with Crippen molar-refractivity contribution in [1.29, 1.82) is 0 Å². The van der Waals surface area contributed by atoms with Gasteiger partial charge in [0.15, 0.2) is 5.69 Å². The zero-order chi connectivity index (χ0) is 13.5. The van der Waals surface area contributed by atoms with Crippen LogP contribution in [0.3, 0.4) is 0 Å². The zero-order valence-corrected chi connectivity index (χ0v) is 10.3. The van der Waals surface area contributed by atoms with Gasteiger partial charge in [0.25, 0.3) is 0 Å². The van der Waals surface area contributed by atoms with E-state index in [4.69, 9.17) is 10.8 Å². The van der Waals surface area contributed by atoms with Gasteiger partial charge in [0.2, 0.25) is 5.91 Å². The molecule has 1 atom stereocenters. The van der Waals surface area contributed by atoms with Gasteiger partial charge in [0, 0.05) is 19.3 Å². The number of nitrogens with zero attached hydrogens (tertiary/aromatic N) is 2. The molecule has 1 heterocycles. The number of carbonyl (C=O) groups is 2. The quantitative estimate of drug-likeness (QED) is 0.625. The first kappa shape index (κ1) is 14.2. The molecule has 1 unspecified atom stereocenters. The number of rotatable bonds is 7. The SMILES string of the molecule is CCCC(N)C(=O)NCCn1cnc(C(=O)O)c1. The Hall–Kier alpha value is -1.89. The van der Waals surface area contributed by atoms with Crippen molar-refractivity contribution in [3.05, 3.63) is 18.2 Å². The molecule has 1 aromatic heterocycles. The number of amides is 1. The lowest BCUT2D eigenvalue weighted by molar-refractivity contribution is -0.122. The van der Waals surface area contributed by atoms with Crippen molar-refractivity contribution in [3.63, 3.8) is 0 Å². The summed E-state index contributed by atoms with van der Waals surface area (Å²) in [6.45, 7) is 2.82. The topological polar surface area (TPSA) is 110 Å². The molecule has 0 saturated heterocycles. The van der Waals surface area contributed by atoms with Gasteiger partial charge in [-0.15, -0.1) is 0 Å². The standard InChI is InChI=1S/C11H18N4O3/c1-2-3-8(12)10(16)13-4-5-15-6-9(11(17)18)14-7-15/h6-8H,2-5,12H2,1H3,(H,13,16)(H,17,18). The van der Waals surface area contributed by atoms with Crippen molar-refractivity contribution in [2.24, 2.45) is 5.73 Å². The summed E-state index contributed by atoms with van der Waals surface area (Å²) in [7, 11) is 0. The highest BCUT2D eigenvalue weighted by Gasteiger charge is 2.11. The van der Waals surface area contributed by atoms with Gasteiger partial charge in [-0.05, 0) is 6.42 Å². The Bertz CT molecular complexity index is 416. The Kier molecular flexibility index (Phi) is 5.31. The Morgan fingerprint density at radius 2 is 2.33 bits per heavy atom. The first-order valence-electron chi connectivity index (χ1n) is 5.83. The summed E-state index contributed by atoms with van der Waals surface area (Å²) >= 11 is 0. The molecular formula is C11H18N4O3. The molecule has 0 aliphatic carbocycles. The first-order valence-corrected chi connectivity index (χ1v) is 5.83. The van der Waals surface area contributed by atoms with Gasteiger partial charge in [-0.2, -0.15) is 0 Å². The van der Waals surface area contributed by atoms with E-state index in [0.29, 0.717) is 19.5 Å². The number of carbonyl (C=O) groups excluding carboxylic acids is 1. The van der Waals surface area contributed by atoms with Crippen LogP contribution in [0.5, 0.6) is 0 Å². The minimum absolute atomic E-state index is 0.0102. The van der Waals surface area contributed by atoms with Gasteiger partial charge >= 0.3 is 5.97 Å². The second-order valence-corrected chi connectivity index (χ2v) is 3.99. The van der Waals surface area contributed by atoms with Crippen LogP contribution in [0.15, 0.2) is 12.5 Å². The third kappa shape index (κ3) is 4.17. The predicted octanol–water partition coefficient (Wildman–Crippen LogP) is -0.175. The highest BCUT2D eigenvalue weighted by molar-refractivity contribution is 5.84. The summed E-state index contributed by atoms with van der Waals surface area (Å²) in [6, 6.07) is -0.479. The van der Waals surface area contributed by atoms with E-state index in [-0.39, 0.29) is 11.6 Å². The van der Waals surface area contributed by atoms with E-state index in [9.17, 15) is 9.59 Å². The number of carboxylic acid groups (broad SMARTS) is 1. The van der Waals surface area contributed by atoms with Crippen LogP contribution in [0.4, 0.5) is 0 Å². The van der Waals surface area contributed by atoms with Crippen LogP contribution in [0.1, 0.15) is 30.3 Å². The second-order valence-electron chi connectivity index (χ2n) is 3.99. The highest BCUT2D eigenvalue weighted by atomic mass is 16.4. The molecule has 0 aliphatic rings. The monoisotopic (exact) mass is 254 g/mol. The van der Waals surface area contributed by atoms with Crippen LogP contribution in [0, 0.1) is 0 Å². The largest absolute Gasteiger partial charge is 0.476 e. The van der Waals surface area contributed by atoms with Crippen molar-refractivity contribution in [1.82, 2.24) is 14.9 Å². The molecular weight excluding hydrogens is 236 g/mol. The highest BCUT2D eigenvalue weighted by Crippen LogP contribution is 1.96. The fourth-order valence-corrected chi connectivity index (χ4v) is 1.47. The van der Waals surface area contributed by atoms with Crippen molar-refractivity contribution in [2.45, 2.75) is 32.4 Å². The molecule has 4 N–H and O–H groups in total. The normalized spacial score (nSPS) is 12.1. The van der Waals surface area contributed by atoms with E-state index in [1.807, 2.05) is 6.92 Å². The molecule has 0 aliphatic heterocycles. The summed E-state index contributed by atoms with van der Waals surface area (Å²) in [6.07, 6.45) is 4.35. The maximum atomic E-state index is 11.5. The summed E-state index contributed by atoms with van der Waals surface area (Å²) < 4.78 is 1.61. The molecule has 1 rings (SSSR count). The molecule has 18 heavy (non-hydrogen) atoms. The third-order valence-corrected chi connectivity index (χ3v) is 2.46. The fourth-order valence-electron chi connectivity index (χ4n) is 1.47. The van der Waals surface area contributed by atoms with Crippen molar-refractivity contribution >= 4 is 11.9 Å².